The summed E-state index contributed by atoms with van der Waals surface area (Å²) in [5.74, 6) is -0.312. The Morgan fingerprint density at radius 2 is 1.85 bits per heavy atom. The number of carbonyl (C=O) groups excluding carboxylic acids is 1. The molecule has 0 saturated heterocycles. The van der Waals surface area contributed by atoms with E-state index in [4.69, 9.17) is 0 Å². The molecule has 0 saturated carbocycles. The molecular weight excluding hydrogens is 339 g/mol. The number of tetrazole rings is 2. The first-order chi connectivity index (χ1) is 12.7. The van der Waals surface area contributed by atoms with Gasteiger partial charge in [-0.15, -0.1) is 15.3 Å². The van der Waals surface area contributed by atoms with E-state index in [2.05, 4.69) is 30.9 Å². The molecule has 4 aromatic rings. The molecule has 2 aromatic carbocycles. The minimum atomic E-state index is -0.401. The molecule has 128 valence electrons. The highest BCUT2D eigenvalue weighted by molar-refractivity contribution is 5.95. The summed E-state index contributed by atoms with van der Waals surface area (Å²) in [7, 11) is 0. The van der Waals surface area contributed by atoms with Crippen LogP contribution in [0, 0.1) is 5.82 Å². The first-order valence-corrected chi connectivity index (χ1v) is 7.60. The van der Waals surface area contributed by atoms with E-state index in [1.54, 1.807) is 6.07 Å². The number of hydrogen-bond acceptors (Lipinski definition) is 7. The van der Waals surface area contributed by atoms with E-state index in [9.17, 15) is 9.18 Å². The number of aromatic nitrogens is 8. The van der Waals surface area contributed by atoms with Crippen molar-refractivity contribution < 1.29 is 9.18 Å². The summed E-state index contributed by atoms with van der Waals surface area (Å²) < 4.78 is 14.4. The van der Waals surface area contributed by atoms with Gasteiger partial charge in [-0.25, -0.2) is 4.39 Å². The Balaban J connectivity index is 1.59. The van der Waals surface area contributed by atoms with Crippen molar-refractivity contribution in [2.75, 3.05) is 0 Å². The standard InChI is InChI=1S/C16H11FN8O/c17-12-7-5-11(6-8-12)15(26)9-25-20-16(19-22-25)13-3-1-2-4-14(13)24-10-18-21-23-24/h1-8,10H,9H2. The van der Waals surface area contributed by atoms with Crippen molar-refractivity contribution in [1.82, 2.24) is 40.4 Å². The normalized spacial score (nSPS) is 10.8. The summed E-state index contributed by atoms with van der Waals surface area (Å²) in [4.78, 5) is 13.4. The fourth-order valence-electron chi connectivity index (χ4n) is 2.41. The average molecular weight is 350 g/mol. The molecule has 0 radical (unpaired) electrons. The quantitative estimate of drug-likeness (QED) is 0.500. The van der Waals surface area contributed by atoms with Gasteiger partial charge in [-0.05, 0) is 52.0 Å². The third-order valence-corrected chi connectivity index (χ3v) is 3.64. The zero-order valence-corrected chi connectivity index (χ0v) is 13.3. The Bertz CT molecular complexity index is 1040. The van der Waals surface area contributed by atoms with Gasteiger partial charge >= 0.3 is 0 Å². The summed E-state index contributed by atoms with van der Waals surface area (Å²) in [5.41, 5.74) is 1.72. The first kappa shape index (κ1) is 15.7. The first-order valence-electron chi connectivity index (χ1n) is 7.60. The van der Waals surface area contributed by atoms with E-state index in [0.717, 1.165) is 0 Å². The fourth-order valence-corrected chi connectivity index (χ4v) is 2.41. The third-order valence-electron chi connectivity index (χ3n) is 3.64. The monoisotopic (exact) mass is 350 g/mol. The van der Waals surface area contributed by atoms with Gasteiger partial charge < -0.3 is 0 Å². The number of rotatable bonds is 5. The number of Topliss-reactive ketones (excluding diaryl/α,β-unsaturated/α-hetero) is 1. The molecule has 0 N–H and O–H groups in total. The van der Waals surface area contributed by atoms with Crippen molar-refractivity contribution in [1.29, 1.82) is 0 Å². The third kappa shape index (κ3) is 3.07. The molecule has 10 heteroatoms. The Morgan fingerprint density at radius 3 is 2.62 bits per heavy atom. The van der Waals surface area contributed by atoms with Crippen molar-refractivity contribution in [3.63, 3.8) is 0 Å². The fraction of sp³-hybridized carbons (Fsp3) is 0.0625. The molecule has 2 aromatic heterocycles. The smallest absolute Gasteiger partial charge is 0.207 e. The second-order valence-corrected chi connectivity index (χ2v) is 5.35. The summed E-state index contributed by atoms with van der Waals surface area (Å²) in [6, 6.07) is 12.6. The highest BCUT2D eigenvalue weighted by atomic mass is 19.1. The highest BCUT2D eigenvalue weighted by Gasteiger charge is 2.15. The maximum absolute atomic E-state index is 13.0. The Morgan fingerprint density at radius 1 is 1.04 bits per heavy atom. The van der Waals surface area contributed by atoms with Crippen molar-refractivity contribution in [3.05, 3.63) is 66.2 Å². The van der Waals surface area contributed by atoms with Gasteiger partial charge in [0.2, 0.25) is 5.82 Å². The number of carbonyl (C=O) groups is 1. The number of halogens is 1. The van der Waals surface area contributed by atoms with Gasteiger partial charge in [0, 0.05) is 11.1 Å². The second-order valence-electron chi connectivity index (χ2n) is 5.35. The number of para-hydroxylation sites is 1. The van der Waals surface area contributed by atoms with Crippen LogP contribution in [-0.2, 0) is 6.54 Å². The average Bonchev–Trinajstić information content (AvgIpc) is 3.34. The molecule has 4 rings (SSSR count). The molecule has 0 spiro atoms. The molecule has 0 atom stereocenters. The molecule has 26 heavy (non-hydrogen) atoms. The molecule has 2 heterocycles. The Hall–Kier alpha value is -3.82. The SMILES string of the molecule is O=C(Cn1nnc(-c2ccccc2-n2cnnn2)n1)c1ccc(F)cc1. The van der Waals surface area contributed by atoms with Crippen LogP contribution in [0.4, 0.5) is 4.39 Å². The zero-order chi connectivity index (χ0) is 17.9. The molecule has 0 aliphatic heterocycles. The van der Waals surface area contributed by atoms with Crippen molar-refractivity contribution in [2.45, 2.75) is 6.54 Å². The Labute approximate surface area is 146 Å². The topological polar surface area (TPSA) is 104 Å². The molecule has 0 amide bonds. The van der Waals surface area contributed by atoms with Crippen LogP contribution >= 0.6 is 0 Å². The van der Waals surface area contributed by atoms with Gasteiger partial charge in [0.05, 0.1) is 5.69 Å². The number of ketones is 1. The van der Waals surface area contributed by atoms with Crippen molar-refractivity contribution >= 4 is 5.78 Å². The van der Waals surface area contributed by atoms with Gasteiger partial charge in [0.25, 0.3) is 0 Å². The molecule has 0 aliphatic carbocycles. The predicted molar refractivity (Wildman–Crippen MR) is 86.7 cm³/mol. The second kappa shape index (κ2) is 6.59. The maximum Gasteiger partial charge on any atom is 0.207 e. The van der Waals surface area contributed by atoms with Crippen LogP contribution in [0.15, 0.2) is 54.9 Å². The van der Waals surface area contributed by atoms with Crippen LogP contribution in [0.1, 0.15) is 10.4 Å². The minimum absolute atomic E-state index is 0.105. The largest absolute Gasteiger partial charge is 0.292 e. The van der Waals surface area contributed by atoms with Crippen LogP contribution in [-0.4, -0.2) is 46.2 Å². The van der Waals surface area contributed by atoms with Crippen molar-refractivity contribution in [2.24, 2.45) is 0 Å². The molecule has 0 unspecified atom stereocenters. The zero-order valence-electron chi connectivity index (χ0n) is 13.3. The molecule has 0 aliphatic rings. The van der Waals surface area contributed by atoms with Crippen molar-refractivity contribution in [3.8, 4) is 17.1 Å². The lowest BCUT2D eigenvalue weighted by Gasteiger charge is -2.04. The van der Waals surface area contributed by atoms with E-state index in [-0.39, 0.29) is 12.3 Å². The predicted octanol–water partition coefficient (Wildman–Crippen LogP) is 1.34. The summed E-state index contributed by atoms with van der Waals surface area (Å²) in [5, 5.41) is 23.3. The van der Waals surface area contributed by atoms with Gasteiger partial charge in [0.1, 0.15) is 18.7 Å². The van der Waals surface area contributed by atoms with Gasteiger partial charge in [-0.2, -0.15) is 9.48 Å². The van der Waals surface area contributed by atoms with Gasteiger partial charge in [-0.1, -0.05) is 12.1 Å². The number of hydrogen-bond donors (Lipinski definition) is 0. The highest BCUT2D eigenvalue weighted by Crippen LogP contribution is 2.22. The van der Waals surface area contributed by atoms with E-state index >= 15 is 0 Å². The van der Waals surface area contributed by atoms with Crippen LogP contribution in [0.2, 0.25) is 0 Å². The van der Waals surface area contributed by atoms with Crippen LogP contribution in [0.5, 0.6) is 0 Å². The van der Waals surface area contributed by atoms with Gasteiger partial charge in [-0.3, -0.25) is 4.79 Å². The van der Waals surface area contributed by atoms with E-state index < -0.39 is 5.82 Å². The molecule has 0 fully saturated rings. The summed E-state index contributed by atoms with van der Waals surface area (Å²) in [6.07, 6.45) is 1.46. The Kier molecular flexibility index (Phi) is 3.98. The van der Waals surface area contributed by atoms with Gasteiger partial charge in [0.15, 0.2) is 5.78 Å². The van der Waals surface area contributed by atoms with Crippen LogP contribution in [0.25, 0.3) is 17.1 Å². The molecular formula is C16H11FN8O. The number of nitrogens with zero attached hydrogens (tertiary/aromatic N) is 8. The number of benzene rings is 2. The van der Waals surface area contributed by atoms with Crippen LogP contribution in [0.3, 0.4) is 0 Å². The maximum atomic E-state index is 13.0. The summed E-state index contributed by atoms with van der Waals surface area (Å²) >= 11 is 0. The van der Waals surface area contributed by atoms with E-state index in [0.29, 0.717) is 22.6 Å². The van der Waals surface area contributed by atoms with Crippen LogP contribution < -0.4 is 0 Å². The van der Waals surface area contributed by atoms with E-state index in [1.807, 2.05) is 18.2 Å². The lowest BCUT2D eigenvalue weighted by atomic mass is 10.1. The molecule has 9 nitrogen and oxygen atoms in total. The lowest BCUT2D eigenvalue weighted by Crippen LogP contribution is -2.13. The molecule has 0 bridgehead atoms. The summed E-state index contributed by atoms with van der Waals surface area (Å²) in [6.45, 7) is -0.105. The minimum Gasteiger partial charge on any atom is -0.292 e. The lowest BCUT2D eigenvalue weighted by molar-refractivity contribution is 0.0961. The van der Waals surface area contributed by atoms with E-state index in [1.165, 1.54) is 40.1 Å².